The van der Waals surface area contributed by atoms with Crippen molar-refractivity contribution in [1.29, 1.82) is 0 Å². The van der Waals surface area contributed by atoms with Crippen LogP contribution in [0.15, 0.2) is 42.9 Å². The van der Waals surface area contributed by atoms with Crippen LogP contribution in [0.4, 0.5) is 5.69 Å². The molecule has 0 saturated heterocycles. The van der Waals surface area contributed by atoms with E-state index in [1.165, 1.54) is 0 Å². The molecule has 2 heterocycles. The van der Waals surface area contributed by atoms with E-state index in [9.17, 15) is 0 Å². The Balaban J connectivity index is 1.92. The van der Waals surface area contributed by atoms with Gasteiger partial charge < -0.3 is 10.6 Å². The number of nitrogens with zero attached hydrogens (tertiary/aromatic N) is 2. The lowest BCUT2D eigenvalue weighted by molar-refractivity contribution is 0.268. The molecule has 3 rings (SSSR count). The highest BCUT2D eigenvalue weighted by Crippen LogP contribution is 2.30. The van der Waals surface area contributed by atoms with Gasteiger partial charge >= 0.3 is 0 Å². The predicted molar refractivity (Wildman–Crippen MR) is 115 cm³/mol. The Morgan fingerprint density at radius 2 is 1.85 bits per heavy atom. The molecule has 0 spiro atoms. The van der Waals surface area contributed by atoms with Crippen LogP contribution in [-0.2, 0) is 0 Å². The first kappa shape index (κ1) is 18.5. The van der Waals surface area contributed by atoms with Crippen LogP contribution in [0, 0.1) is 5.41 Å². The van der Waals surface area contributed by atoms with Crippen LogP contribution in [0.1, 0.15) is 41.0 Å². The summed E-state index contributed by atoms with van der Waals surface area (Å²) >= 11 is 5.60. The number of hydrogen-bond donors (Lipinski definition) is 2. The molecule has 0 amide bonds. The normalized spacial score (nSPS) is 12.3. The maximum Gasteiger partial charge on any atom is 0.171 e. The number of rotatable bonds is 3. The Morgan fingerprint density at radius 3 is 2.58 bits per heavy atom. The summed E-state index contributed by atoms with van der Waals surface area (Å²) in [6.07, 6.45) is 6.47. The van der Waals surface area contributed by atoms with Gasteiger partial charge in [-0.05, 0) is 67.6 Å². The Kier molecular flexibility index (Phi) is 4.84. The van der Waals surface area contributed by atoms with Gasteiger partial charge in [-0.2, -0.15) is 0 Å². The highest BCUT2D eigenvalue weighted by atomic mass is 32.1. The van der Waals surface area contributed by atoms with Crippen molar-refractivity contribution in [1.82, 2.24) is 15.3 Å². The van der Waals surface area contributed by atoms with Crippen LogP contribution in [0.5, 0.6) is 0 Å². The fourth-order valence-electron chi connectivity index (χ4n) is 3.73. The molecule has 4 nitrogen and oxygen atoms in total. The molecule has 0 bridgehead atoms. The van der Waals surface area contributed by atoms with Gasteiger partial charge in [-0.1, -0.05) is 20.8 Å². The quantitative estimate of drug-likeness (QED) is 0.487. The topological polar surface area (TPSA) is 49.8 Å². The van der Waals surface area contributed by atoms with Crippen molar-refractivity contribution in [2.45, 2.75) is 46.6 Å². The van der Waals surface area contributed by atoms with Crippen LogP contribution in [0.3, 0.4) is 0 Å². The van der Waals surface area contributed by atoms with Gasteiger partial charge in [0.1, 0.15) is 0 Å². The van der Waals surface area contributed by atoms with Gasteiger partial charge in [-0.25, -0.2) is 0 Å². The van der Waals surface area contributed by atoms with Gasteiger partial charge in [0.25, 0.3) is 0 Å². The van der Waals surface area contributed by atoms with Gasteiger partial charge in [-0.15, -0.1) is 0 Å². The van der Waals surface area contributed by atoms with Crippen molar-refractivity contribution in [3.63, 3.8) is 0 Å². The van der Waals surface area contributed by atoms with E-state index < -0.39 is 0 Å². The van der Waals surface area contributed by atoms with Crippen molar-refractivity contribution in [2.24, 2.45) is 5.41 Å². The Bertz CT molecular complexity index is 957. The van der Waals surface area contributed by atoms with Gasteiger partial charge in [0, 0.05) is 34.9 Å². The molecule has 0 atom stereocenters. The first-order valence-electron chi connectivity index (χ1n) is 8.85. The van der Waals surface area contributed by atoms with Crippen LogP contribution in [-0.4, -0.2) is 20.6 Å². The molecule has 0 unspecified atom stereocenters. The minimum Gasteiger partial charge on any atom is -0.358 e. The molecular weight excluding hydrogens is 340 g/mol. The summed E-state index contributed by atoms with van der Waals surface area (Å²) in [6, 6.07) is 8.09. The second-order valence-electron chi connectivity index (χ2n) is 8.62. The zero-order chi connectivity index (χ0) is 18.9. The summed E-state index contributed by atoms with van der Waals surface area (Å²) in [5, 5.41) is 10.6. The summed E-state index contributed by atoms with van der Waals surface area (Å²) in [5.74, 6) is 0. The summed E-state index contributed by atoms with van der Waals surface area (Å²) in [5.41, 5.74) is 2.00. The standard InChI is InChI=1S/C21H26N4S/c1-20(2,3)13-21(4,5)25-19(26)24-17-11-14-8-10-22-12-16(14)18-15(17)7-6-9-23-18/h6-12H,13H2,1-5H3,(H2,24,25,26). The van der Waals surface area contributed by atoms with Crippen molar-refractivity contribution >= 4 is 44.7 Å². The van der Waals surface area contributed by atoms with E-state index in [-0.39, 0.29) is 11.0 Å². The number of benzene rings is 1. The van der Waals surface area contributed by atoms with Gasteiger partial charge in [-0.3, -0.25) is 9.97 Å². The molecule has 1 aromatic carbocycles. The fourth-order valence-corrected chi connectivity index (χ4v) is 4.12. The number of thiocarbonyl (C=S) groups is 1. The van der Waals surface area contributed by atoms with Gasteiger partial charge in [0.15, 0.2) is 5.11 Å². The van der Waals surface area contributed by atoms with E-state index >= 15 is 0 Å². The zero-order valence-electron chi connectivity index (χ0n) is 16.1. The molecule has 26 heavy (non-hydrogen) atoms. The third kappa shape index (κ3) is 4.28. The average molecular weight is 367 g/mol. The number of hydrogen-bond acceptors (Lipinski definition) is 3. The van der Waals surface area contributed by atoms with E-state index in [4.69, 9.17) is 12.2 Å². The minimum absolute atomic E-state index is 0.100. The van der Waals surface area contributed by atoms with Gasteiger partial charge in [0.2, 0.25) is 0 Å². The smallest absolute Gasteiger partial charge is 0.171 e. The van der Waals surface area contributed by atoms with Crippen LogP contribution < -0.4 is 10.6 Å². The average Bonchev–Trinajstić information content (AvgIpc) is 2.52. The van der Waals surface area contributed by atoms with E-state index in [1.807, 2.05) is 24.5 Å². The van der Waals surface area contributed by atoms with Crippen LogP contribution in [0.25, 0.3) is 21.7 Å². The number of pyridine rings is 2. The first-order valence-corrected chi connectivity index (χ1v) is 9.26. The number of fused-ring (bicyclic) bond motifs is 3. The van der Waals surface area contributed by atoms with Crippen molar-refractivity contribution in [2.75, 3.05) is 5.32 Å². The summed E-state index contributed by atoms with van der Waals surface area (Å²) < 4.78 is 0. The second-order valence-corrected chi connectivity index (χ2v) is 9.03. The lowest BCUT2D eigenvalue weighted by atomic mass is 9.82. The molecule has 136 valence electrons. The third-order valence-electron chi connectivity index (χ3n) is 4.18. The van der Waals surface area contributed by atoms with E-state index in [2.05, 4.69) is 67.4 Å². The molecule has 3 aromatic rings. The first-order chi connectivity index (χ1) is 12.1. The maximum absolute atomic E-state index is 5.60. The summed E-state index contributed by atoms with van der Waals surface area (Å²) in [7, 11) is 0. The van der Waals surface area contributed by atoms with Crippen molar-refractivity contribution in [3.05, 3.63) is 42.9 Å². The van der Waals surface area contributed by atoms with E-state index in [0.29, 0.717) is 5.11 Å². The van der Waals surface area contributed by atoms with Crippen LogP contribution in [0.2, 0.25) is 0 Å². The number of aromatic nitrogens is 2. The third-order valence-corrected chi connectivity index (χ3v) is 4.38. The summed E-state index contributed by atoms with van der Waals surface area (Å²) in [6.45, 7) is 11.1. The monoisotopic (exact) mass is 366 g/mol. The number of nitrogens with one attached hydrogen (secondary N) is 2. The lowest BCUT2D eigenvalue weighted by Gasteiger charge is -2.34. The SMILES string of the molecule is CC(C)(C)CC(C)(C)NC(=S)Nc1cc2ccncc2c2ncccc12. The largest absolute Gasteiger partial charge is 0.358 e. The molecule has 5 heteroatoms. The maximum atomic E-state index is 5.60. The number of anilines is 1. The molecule has 0 fully saturated rings. The molecule has 0 aliphatic rings. The Labute approximate surface area is 160 Å². The molecule has 0 aliphatic heterocycles. The second kappa shape index (κ2) is 6.80. The lowest BCUT2D eigenvalue weighted by Crippen LogP contribution is -2.47. The van der Waals surface area contributed by atoms with E-state index in [0.717, 1.165) is 33.8 Å². The van der Waals surface area contributed by atoms with E-state index in [1.54, 1.807) is 6.20 Å². The predicted octanol–water partition coefficient (Wildman–Crippen LogP) is 5.28. The molecule has 2 N–H and O–H groups in total. The molecular formula is C21H26N4S. The zero-order valence-corrected chi connectivity index (χ0v) is 16.9. The fraction of sp³-hybridized carbons (Fsp3) is 0.381. The molecule has 0 aliphatic carbocycles. The highest BCUT2D eigenvalue weighted by molar-refractivity contribution is 7.80. The molecule has 0 saturated carbocycles. The Hall–Kier alpha value is -2.27. The summed E-state index contributed by atoms with van der Waals surface area (Å²) in [4.78, 5) is 8.79. The minimum atomic E-state index is -0.100. The Morgan fingerprint density at radius 1 is 1.08 bits per heavy atom. The van der Waals surface area contributed by atoms with Crippen molar-refractivity contribution in [3.8, 4) is 0 Å². The van der Waals surface area contributed by atoms with Crippen LogP contribution >= 0.6 is 12.2 Å². The molecule has 2 aromatic heterocycles. The van der Waals surface area contributed by atoms with Gasteiger partial charge in [0.05, 0.1) is 11.2 Å². The molecule has 0 radical (unpaired) electrons. The van der Waals surface area contributed by atoms with Crippen molar-refractivity contribution < 1.29 is 0 Å². The highest BCUT2D eigenvalue weighted by Gasteiger charge is 2.26.